The highest BCUT2D eigenvalue weighted by molar-refractivity contribution is 7.12. The van der Waals surface area contributed by atoms with Crippen LogP contribution in [0.25, 0.3) is 11.3 Å². The van der Waals surface area contributed by atoms with Crippen molar-refractivity contribution in [3.63, 3.8) is 0 Å². The summed E-state index contributed by atoms with van der Waals surface area (Å²) in [5.74, 6) is -0.888. The van der Waals surface area contributed by atoms with Crippen LogP contribution in [0.15, 0.2) is 24.3 Å². The van der Waals surface area contributed by atoms with Crippen molar-refractivity contribution in [2.45, 2.75) is 19.8 Å². The van der Waals surface area contributed by atoms with E-state index in [1.807, 2.05) is 37.3 Å². The van der Waals surface area contributed by atoms with Gasteiger partial charge in [-0.2, -0.15) is 5.26 Å². The molecule has 1 aromatic heterocycles. The van der Waals surface area contributed by atoms with Gasteiger partial charge in [-0.1, -0.05) is 29.8 Å². The molecule has 0 bridgehead atoms. The second-order valence-electron chi connectivity index (χ2n) is 4.15. The first-order chi connectivity index (χ1) is 9.10. The Morgan fingerprint density at radius 3 is 2.68 bits per heavy atom. The summed E-state index contributed by atoms with van der Waals surface area (Å²) in [4.78, 5) is 16.0. The van der Waals surface area contributed by atoms with Crippen LogP contribution in [-0.2, 0) is 17.6 Å². The van der Waals surface area contributed by atoms with E-state index >= 15 is 0 Å². The number of hydrogen-bond donors (Lipinski definition) is 1. The Kier molecular flexibility index (Phi) is 3.93. The van der Waals surface area contributed by atoms with Gasteiger partial charge in [0.25, 0.3) is 0 Å². The minimum atomic E-state index is -0.888. The number of aryl methyl sites for hydroxylation is 1. The zero-order valence-electron chi connectivity index (χ0n) is 10.4. The first-order valence-corrected chi connectivity index (χ1v) is 6.56. The van der Waals surface area contributed by atoms with E-state index in [1.54, 1.807) is 0 Å². The van der Waals surface area contributed by atoms with Gasteiger partial charge in [0.2, 0.25) is 0 Å². The van der Waals surface area contributed by atoms with Gasteiger partial charge in [0.15, 0.2) is 0 Å². The number of rotatable bonds is 4. The molecule has 0 saturated carbocycles. The molecule has 19 heavy (non-hydrogen) atoms. The van der Waals surface area contributed by atoms with E-state index in [2.05, 4.69) is 4.98 Å². The lowest BCUT2D eigenvalue weighted by molar-refractivity contribution is -0.136. The van der Waals surface area contributed by atoms with Crippen molar-refractivity contribution in [1.29, 1.82) is 5.26 Å². The Labute approximate surface area is 115 Å². The van der Waals surface area contributed by atoms with Crippen molar-refractivity contribution >= 4 is 17.3 Å². The molecule has 0 saturated heterocycles. The fourth-order valence-electron chi connectivity index (χ4n) is 1.74. The van der Waals surface area contributed by atoms with Crippen molar-refractivity contribution in [3.8, 4) is 17.3 Å². The molecule has 0 fully saturated rings. The molecule has 2 rings (SSSR count). The summed E-state index contributed by atoms with van der Waals surface area (Å²) in [6.45, 7) is 1.99. The fourth-order valence-corrected chi connectivity index (χ4v) is 2.75. The molecule has 2 aromatic rings. The molecule has 0 amide bonds. The lowest BCUT2D eigenvalue weighted by Gasteiger charge is -2.01. The van der Waals surface area contributed by atoms with E-state index in [0.717, 1.165) is 11.1 Å². The zero-order chi connectivity index (χ0) is 13.8. The molecular weight excluding hydrogens is 260 g/mol. The largest absolute Gasteiger partial charge is 0.481 e. The number of hydrogen-bond acceptors (Lipinski definition) is 4. The molecule has 0 aliphatic carbocycles. The summed E-state index contributed by atoms with van der Waals surface area (Å²) in [6, 6.07) is 9.81. The Balaban J connectivity index is 2.44. The molecule has 0 radical (unpaired) electrons. The normalized spacial score (nSPS) is 10.1. The maximum atomic E-state index is 10.9. The van der Waals surface area contributed by atoms with Gasteiger partial charge in [-0.25, -0.2) is 4.98 Å². The summed E-state index contributed by atoms with van der Waals surface area (Å²) in [5.41, 5.74) is 2.70. The molecule has 1 aromatic carbocycles. The maximum absolute atomic E-state index is 10.9. The summed E-state index contributed by atoms with van der Waals surface area (Å²) >= 11 is 1.30. The molecule has 0 unspecified atom stereocenters. The summed E-state index contributed by atoms with van der Waals surface area (Å²) in [5, 5.41) is 18.3. The van der Waals surface area contributed by atoms with Crippen molar-refractivity contribution in [2.24, 2.45) is 0 Å². The molecule has 0 aliphatic heterocycles. The average molecular weight is 272 g/mol. The molecule has 0 atom stereocenters. The molecule has 1 N–H and O–H groups in total. The number of benzene rings is 1. The molecule has 0 spiro atoms. The molecule has 0 aliphatic rings. The Hall–Kier alpha value is -2.19. The third kappa shape index (κ3) is 3.18. The molecule has 4 nitrogen and oxygen atoms in total. The predicted octanol–water partition coefficient (Wildman–Crippen LogP) is 2.81. The average Bonchev–Trinajstić information content (AvgIpc) is 2.72. The molecule has 1 heterocycles. The van der Waals surface area contributed by atoms with E-state index in [9.17, 15) is 4.79 Å². The number of nitriles is 1. The van der Waals surface area contributed by atoms with Gasteiger partial charge in [-0.05, 0) is 6.92 Å². The number of thiazole rings is 1. The maximum Gasteiger partial charge on any atom is 0.308 e. The first-order valence-electron chi connectivity index (χ1n) is 5.74. The van der Waals surface area contributed by atoms with Crippen LogP contribution in [0.1, 0.15) is 15.4 Å². The van der Waals surface area contributed by atoms with E-state index in [0.29, 0.717) is 15.6 Å². The topological polar surface area (TPSA) is 74.0 Å². The Bertz CT molecular complexity index is 638. The third-order valence-corrected chi connectivity index (χ3v) is 3.66. The van der Waals surface area contributed by atoms with Crippen LogP contribution in [0.2, 0.25) is 0 Å². The monoisotopic (exact) mass is 272 g/mol. The number of carboxylic acid groups (broad SMARTS) is 1. The zero-order valence-corrected chi connectivity index (χ0v) is 11.2. The lowest BCUT2D eigenvalue weighted by Crippen LogP contribution is -1.99. The van der Waals surface area contributed by atoms with Crippen LogP contribution in [0, 0.1) is 18.3 Å². The molecular formula is C14H12N2O2S. The summed E-state index contributed by atoms with van der Waals surface area (Å²) in [7, 11) is 0. The van der Waals surface area contributed by atoms with Crippen LogP contribution < -0.4 is 0 Å². The number of aromatic nitrogens is 1. The highest BCUT2D eigenvalue weighted by Gasteiger charge is 2.15. The highest BCUT2D eigenvalue weighted by atomic mass is 32.1. The van der Waals surface area contributed by atoms with Crippen molar-refractivity contribution < 1.29 is 9.90 Å². The van der Waals surface area contributed by atoms with Crippen molar-refractivity contribution in [3.05, 3.63) is 39.7 Å². The SMILES string of the molecule is Cc1ccc(-c2nc(CC#N)sc2CC(=O)O)cc1. The first kappa shape index (κ1) is 13.2. The summed E-state index contributed by atoms with van der Waals surface area (Å²) < 4.78 is 0. The third-order valence-electron chi connectivity index (χ3n) is 2.61. The van der Waals surface area contributed by atoms with E-state index in [4.69, 9.17) is 10.4 Å². The van der Waals surface area contributed by atoms with E-state index < -0.39 is 5.97 Å². The van der Waals surface area contributed by atoms with Gasteiger partial charge in [0.05, 0.1) is 24.6 Å². The fraction of sp³-hybridized carbons (Fsp3) is 0.214. The highest BCUT2D eigenvalue weighted by Crippen LogP contribution is 2.29. The van der Waals surface area contributed by atoms with Crippen LogP contribution in [0.5, 0.6) is 0 Å². The van der Waals surface area contributed by atoms with Gasteiger partial charge in [0.1, 0.15) is 5.01 Å². The van der Waals surface area contributed by atoms with Crippen LogP contribution >= 0.6 is 11.3 Å². The minimum Gasteiger partial charge on any atom is -0.481 e. The predicted molar refractivity (Wildman–Crippen MR) is 72.9 cm³/mol. The van der Waals surface area contributed by atoms with E-state index in [1.165, 1.54) is 11.3 Å². The second-order valence-corrected chi connectivity index (χ2v) is 5.32. The van der Waals surface area contributed by atoms with Gasteiger partial charge >= 0.3 is 5.97 Å². The van der Waals surface area contributed by atoms with E-state index in [-0.39, 0.29) is 12.8 Å². The standard InChI is InChI=1S/C14H12N2O2S/c1-9-2-4-10(5-3-9)14-11(8-13(17)18)19-12(16-14)6-7-15/h2-5H,6,8H2,1H3,(H,17,18). The smallest absolute Gasteiger partial charge is 0.308 e. The van der Waals surface area contributed by atoms with Crippen molar-refractivity contribution in [1.82, 2.24) is 4.98 Å². The summed E-state index contributed by atoms with van der Waals surface area (Å²) in [6.07, 6.45) is 0.148. The Morgan fingerprint density at radius 2 is 2.11 bits per heavy atom. The van der Waals surface area contributed by atoms with Crippen LogP contribution in [-0.4, -0.2) is 16.1 Å². The number of carbonyl (C=O) groups is 1. The van der Waals surface area contributed by atoms with Crippen molar-refractivity contribution in [2.75, 3.05) is 0 Å². The quantitative estimate of drug-likeness (QED) is 0.928. The van der Waals surface area contributed by atoms with Gasteiger partial charge < -0.3 is 5.11 Å². The second kappa shape index (κ2) is 5.63. The number of nitrogens with zero attached hydrogens (tertiary/aromatic N) is 2. The van der Waals surface area contributed by atoms with Gasteiger partial charge in [0, 0.05) is 10.4 Å². The van der Waals surface area contributed by atoms with Crippen LogP contribution in [0.4, 0.5) is 0 Å². The molecule has 96 valence electrons. The van der Waals surface area contributed by atoms with Gasteiger partial charge in [-0.15, -0.1) is 11.3 Å². The lowest BCUT2D eigenvalue weighted by atomic mass is 10.1. The Morgan fingerprint density at radius 1 is 1.42 bits per heavy atom. The number of carboxylic acids is 1. The number of aliphatic carboxylic acids is 1. The molecule has 5 heteroatoms. The minimum absolute atomic E-state index is 0.0632. The van der Waals surface area contributed by atoms with Gasteiger partial charge in [-0.3, -0.25) is 4.79 Å². The van der Waals surface area contributed by atoms with Crippen LogP contribution in [0.3, 0.4) is 0 Å².